The average Bonchev–Trinajstić information content (AvgIpc) is 1.84. The van der Waals surface area contributed by atoms with E-state index in [1.165, 1.54) is 0 Å². The molecule has 0 rings (SSSR count). The summed E-state index contributed by atoms with van der Waals surface area (Å²) < 4.78 is 0. The van der Waals surface area contributed by atoms with Crippen LogP contribution in [0, 0.1) is 0 Å². The molecule has 2 heteroatoms. The van der Waals surface area contributed by atoms with E-state index < -0.39 is 0 Å². The van der Waals surface area contributed by atoms with Crippen molar-refractivity contribution >= 4 is 11.4 Å². The predicted octanol–water partition coefficient (Wildman–Crippen LogP) is 2.73. The van der Waals surface area contributed by atoms with Gasteiger partial charge in [0.1, 0.15) is 0 Å². The van der Waals surface area contributed by atoms with Gasteiger partial charge in [0.25, 0.3) is 0 Å². The molecular formula is C10H20N2. The summed E-state index contributed by atoms with van der Waals surface area (Å²) in [7, 11) is 0. The molecule has 12 heavy (non-hydrogen) atoms. The summed E-state index contributed by atoms with van der Waals surface area (Å²) in [5.41, 5.74) is 2.11. The highest BCUT2D eigenvalue weighted by atomic mass is 14.8. The molecule has 0 atom stereocenters. The molecule has 0 N–H and O–H groups in total. The van der Waals surface area contributed by atoms with Gasteiger partial charge in [-0.05, 0) is 41.5 Å². The van der Waals surface area contributed by atoms with Gasteiger partial charge in [-0.3, -0.25) is 9.98 Å². The molecule has 0 radical (unpaired) electrons. The second-order valence-electron chi connectivity index (χ2n) is 3.62. The van der Waals surface area contributed by atoms with Crippen LogP contribution >= 0.6 is 0 Å². The number of rotatable bonds is 3. The van der Waals surface area contributed by atoms with Gasteiger partial charge < -0.3 is 0 Å². The number of aliphatic imine (C=N–C) groups is 2. The van der Waals surface area contributed by atoms with Crippen LogP contribution in [-0.4, -0.2) is 23.5 Å². The van der Waals surface area contributed by atoms with Crippen molar-refractivity contribution in [1.29, 1.82) is 0 Å². The molecular weight excluding hydrogens is 148 g/mol. The Labute approximate surface area is 75.8 Å². The summed E-state index contributed by atoms with van der Waals surface area (Å²) in [6.45, 7) is 12.3. The standard InChI is InChI=1S/C10H20N2/c1-7(2)11-9(5)10(6)12-8(3)4/h7-8H,1-6H3/b11-9+,12-10+. The molecule has 0 aromatic heterocycles. The molecule has 0 unspecified atom stereocenters. The van der Waals surface area contributed by atoms with E-state index in [0.29, 0.717) is 12.1 Å². The van der Waals surface area contributed by atoms with E-state index in [1.54, 1.807) is 0 Å². The highest BCUT2D eigenvalue weighted by Gasteiger charge is 1.98. The van der Waals surface area contributed by atoms with Gasteiger partial charge in [-0.1, -0.05) is 0 Å². The predicted molar refractivity (Wildman–Crippen MR) is 56.5 cm³/mol. The highest BCUT2D eigenvalue weighted by molar-refractivity contribution is 6.40. The number of hydrogen-bond donors (Lipinski definition) is 0. The van der Waals surface area contributed by atoms with E-state index in [0.717, 1.165) is 11.4 Å². The maximum Gasteiger partial charge on any atom is 0.0527 e. The average molecular weight is 168 g/mol. The summed E-state index contributed by atoms with van der Waals surface area (Å²) in [5, 5.41) is 0. The van der Waals surface area contributed by atoms with Crippen molar-refractivity contribution < 1.29 is 0 Å². The minimum atomic E-state index is 0.363. The van der Waals surface area contributed by atoms with Gasteiger partial charge >= 0.3 is 0 Å². The molecule has 70 valence electrons. The van der Waals surface area contributed by atoms with Crippen molar-refractivity contribution in [3.05, 3.63) is 0 Å². The Kier molecular flexibility index (Phi) is 4.79. The molecule has 0 heterocycles. The van der Waals surface area contributed by atoms with E-state index in [1.807, 2.05) is 13.8 Å². The lowest BCUT2D eigenvalue weighted by Crippen LogP contribution is -2.11. The normalized spacial score (nSPS) is 14.7. The maximum atomic E-state index is 4.42. The Morgan fingerprint density at radius 1 is 0.750 bits per heavy atom. The van der Waals surface area contributed by atoms with Crippen LogP contribution in [0.1, 0.15) is 41.5 Å². The summed E-state index contributed by atoms with van der Waals surface area (Å²) in [5.74, 6) is 0. The Hall–Kier alpha value is -0.660. The molecule has 0 fully saturated rings. The third kappa shape index (κ3) is 5.05. The second-order valence-corrected chi connectivity index (χ2v) is 3.62. The summed E-state index contributed by atoms with van der Waals surface area (Å²) in [4.78, 5) is 8.83. The van der Waals surface area contributed by atoms with Crippen molar-refractivity contribution in [2.45, 2.75) is 53.6 Å². The van der Waals surface area contributed by atoms with E-state index in [-0.39, 0.29) is 0 Å². The topological polar surface area (TPSA) is 24.7 Å². The van der Waals surface area contributed by atoms with E-state index in [2.05, 4.69) is 37.7 Å². The lowest BCUT2D eigenvalue weighted by atomic mass is 10.2. The minimum Gasteiger partial charge on any atom is -0.285 e. The third-order valence-electron chi connectivity index (χ3n) is 1.43. The van der Waals surface area contributed by atoms with Crippen LogP contribution in [0.4, 0.5) is 0 Å². The quantitative estimate of drug-likeness (QED) is 0.579. The van der Waals surface area contributed by atoms with Crippen molar-refractivity contribution in [2.75, 3.05) is 0 Å². The SMILES string of the molecule is CC(=N\C(C)C)/C(C)=N/C(C)C. The Morgan fingerprint density at radius 3 is 1.17 bits per heavy atom. The molecule has 0 aliphatic carbocycles. The van der Waals surface area contributed by atoms with Gasteiger partial charge in [-0.15, -0.1) is 0 Å². The fourth-order valence-electron chi connectivity index (χ4n) is 0.961. The van der Waals surface area contributed by atoms with Crippen LogP contribution in [0.3, 0.4) is 0 Å². The molecule has 0 aliphatic heterocycles. The Bertz CT molecular complexity index is 166. The van der Waals surface area contributed by atoms with Crippen molar-refractivity contribution in [3.63, 3.8) is 0 Å². The van der Waals surface area contributed by atoms with Gasteiger partial charge in [-0.25, -0.2) is 0 Å². The van der Waals surface area contributed by atoms with Gasteiger partial charge in [0.2, 0.25) is 0 Å². The van der Waals surface area contributed by atoms with Crippen LogP contribution in [0.2, 0.25) is 0 Å². The minimum absolute atomic E-state index is 0.363. The molecule has 0 saturated carbocycles. The molecule has 0 spiro atoms. The van der Waals surface area contributed by atoms with Crippen molar-refractivity contribution in [2.24, 2.45) is 9.98 Å². The van der Waals surface area contributed by atoms with Gasteiger partial charge in [0, 0.05) is 12.1 Å². The molecule has 0 amide bonds. The lowest BCUT2D eigenvalue weighted by Gasteiger charge is -2.04. The van der Waals surface area contributed by atoms with Gasteiger partial charge in [0.15, 0.2) is 0 Å². The smallest absolute Gasteiger partial charge is 0.0527 e. The molecule has 0 bridgehead atoms. The molecule has 2 nitrogen and oxygen atoms in total. The number of nitrogens with zero attached hydrogens (tertiary/aromatic N) is 2. The fraction of sp³-hybridized carbons (Fsp3) is 0.800. The van der Waals surface area contributed by atoms with Gasteiger partial charge in [0.05, 0.1) is 11.4 Å². The van der Waals surface area contributed by atoms with Crippen LogP contribution in [-0.2, 0) is 0 Å². The monoisotopic (exact) mass is 168 g/mol. The first-order valence-corrected chi connectivity index (χ1v) is 4.52. The molecule has 0 aliphatic rings. The highest BCUT2D eigenvalue weighted by Crippen LogP contribution is 1.94. The van der Waals surface area contributed by atoms with Crippen LogP contribution in [0.25, 0.3) is 0 Å². The van der Waals surface area contributed by atoms with Crippen LogP contribution in [0.15, 0.2) is 9.98 Å². The largest absolute Gasteiger partial charge is 0.285 e. The van der Waals surface area contributed by atoms with E-state index in [4.69, 9.17) is 0 Å². The maximum absolute atomic E-state index is 4.42. The first-order valence-electron chi connectivity index (χ1n) is 4.52. The third-order valence-corrected chi connectivity index (χ3v) is 1.43. The summed E-state index contributed by atoms with van der Waals surface area (Å²) >= 11 is 0. The number of hydrogen-bond acceptors (Lipinski definition) is 2. The summed E-state index contributed by atoms with van der Waals surface area (Å²) in [6.07, 6.45) is 0. The molecule has 0 saturated heterocycles. The Morgan fingerprint density at radius 2 is 1.00 bits per heavy atom. The first kappa shape index (κ1) is 11.3. The zero-order chi connectivity index (χ0) is 9.72. The zero-order valence-corrected chi connectivity index (χ0v) is 9.05. The van der Waals surface area contributed by atoms with E-state index in [9.17, 15) is 0 Å². The zero-order valence-electron chi connectivity index (χ0n) is 9.05. The van der Waals surface area contributed by atoms with Crippen molar-refractivity contribution in [1.82, 2.24) is 0 Å². The fourth-order valence-corrected chi connectivity index (χ4v) is 0.961. The van der Waals surface area contributed by atoms with Crippen molar-refractivity contribution in [3.8, 4) is 0 Å². The first-order chi connectivity index (χ1) is 5.43. The summed E-state index contributed by atoms with van der Waals surface area (Å²) in [6, 6.07) is 0.727. The lowest BCUT2D eigenvalue weighted by molar-refractivity contribution is 0.828. The van der Waals surface area contributed by atoms with Crippen LogP contribution in [0.5, 0.6) is 0 Å². The van der Waals surface area contributed by atoms with E-state index >= 15 is 0 Å². The second kappa shape index (κ2) is 5.07. The van der Waals surface area contributed by atoms with Crippen LogP contribution < -0.4 is 0 Å². The van der Waals surface area contributed by atoms with Gasteiger partial charge in [-0.2, -0.15) is 0 Å². The molecule has 0 aromatic rings. The molecule has 0 aromatic carbocycles. The Balaban J connectivity index is 4.38.